The molecule has 0 spiro atoms. The van der Waals surface area contributed by atoms with Gasteiger partial charge in [-0.05, 0) is 49.2 Å². The Morgan fingerprint density at radius 2 is 1.69 bits per heavy atom. The molecule has 0 unspecified atom stereocenters. The van der Waals surface area contributed by atoms with E-state index in [-0.39, 0.29) is 5.91 Å². The summed E-state index contributed by atoms with van der Waals surface area (Å²) in [6.45, 7) is 5.53. The van der Waals surface area contributed by atoms with Crippen LogP contribution >= 0.6 is 0 Å². The molecule has 29 heavy (non-hydrogen) atoms. The molecular weight excluding hydrogens is 356 g/mol. The smallest absolute Gasteiger partial charge is 0.254 e. The predicted octanol–water partition coefficient (Wildman–Crippen LogP) is 5.65. The van der Waals surface area contributed by atoms with Crippen LogP contribution in [0.3, 0.4) is 0 Å². The van der Waals surface area contributed by atoms with Crippen LogP contribution < -0.4 is 0 Å². The molecule has 0 saturated heterocycles. The lowest BCUT2D eigenvalue weighted by molar-refractivity contribution is 0.0735. The molecule has 2 heterocycles. The molecule has 1 aromatic heterocycles. The van der Waals surface area contributed by atoms with Gasteiger partial charge in [-0.25, -0.2) is 0 Å². The number of carbonyl (C=O) groups is 1. The van der Waals surface area contributed by atoms with Crippen molar-refractivity contribution in [1.29, 1.82) is 0 Å². The van der Waals surface area contributed by atoms with Gasteiger partial charge >= 0.3 is 0 Å². The summed E-state index contributed by atoms with van der Waals surface area (Å²) in [6.07, 6.45) is 0.863. The van der Waals surface area contributed by atoms with E-state index in [1.54, 1.807) is 0 Å². The number of amides is 1. The summed E-state index contributed by atoms with van der Waals surface area (Å²) in [7, 11) is 0. The number of aryl methyl sites for hydroxylation is 2. The second-order valence-electron chi connectivity index (χ2n) is 8.05. The van der Waals surface area contributed by atoms with Crippen LogP contribution in [0.1, 0.15) is 32.7 Å². The van der Waals surface area contributed by atoms with Gasteiger partial charge in [0.05, 0.1) is 0 Å². The van der Waals surface area contributed by atoms with Gasteiger partial charge in [-0.1, -0.05) is 53.6 Å². The van der Waals surface area contributed by atoms with Gasteiger partial charge in [-0.2, -0.15) is 0 Å². The van der Waals surface area contributed by atoms with Crippen molar-refractivity contribution >= 4 is 16.8 Å². The third-order valence-electron chi connectivity index (χ3n) is 5.91. The Labute approximate surface area is 171 Å². The zero-order chi connectivity index (χ0) is 20.0. The first kappa shape index (κ1) is 17.7. The molecule has 0 fully saturated rings. The van der Waals surface area contributed by atoms with Crippen LogP contribution in [0.5, 0.6) is 0 Å². The van der Waals surface area contributed by atoms with Crippen molar-refractivity contribution in [3.05, 3.63) is 94.7 Å². The molecule has 144 valence electrons. The first-order valence-electron chi connectivity index (χ1n) is 10.1. The van der Waals surface area contributed by atoms with E-state index in [9.17, 15) is 4.79 Å². The van der Waals surface area contributed by atoms with Crippen LogP contribution in [0.25, 0.3) is 22.0 Å². The summed E-state index contributed by atoms with van der Waals surface area (Å²) >= 11 is 0. The first-order chi connectivity index (χ1) is 14.1. The maximum absolute atomic E-state index is 13.1. The van der Waals surface area contributed by atoms with Crippen LogP contribution in [0, 0.1) is 13.8 Å². The first-order valence-corrected chi connectivity index (χ1v) is 10.1. The maximum Gasteiger partial charge on any atom is 0.254 e. The number of nitrogens with zero attached hydrogens (tertiary/aromatic N) is 1. The zero-order valence-corrected chi connectivity index (χ0v) is 16.8. The minimum atomic E-state index is 0.114. The topological polar surface area (TPSA) is 36.1 Å². The Morgan fingerprint density at radius 3 is 2.48 bits per heavy atom. The molecule has 0 radical (unpaired) electrons. The fourth-order valence-corrected chi connectivity index (χ4v) is 4.27. The summed E-state index contributed by atoms with van der Waals surface area (Å²) in [4.78, 5) is 18.6. The second kappa shape index (κ2) is 6.93. The average Bonchev–Trinajstić information content (AvgIpc) is 3.11. The van der Waals surface area contributed by atoms with Crippen molar-refractivity contribution in [2.45, 2.75) is 26.8 Å². The van der Waals surface area contributed by atoms with Gasteiger partial charge < -0.3 is 9.88 Å². The Hall–Kier alpha value is -3.33. The largest absolute Gasteiger partial charge is 0.358 e. The number of hydrogen-bond acceptors (Lipinski definition) is 1. The predicted molar refractivity (Wildman–Crippen MR) is 118 cm³/mol. The quantitative estimate of drug-likeness (QED) is 0.479. The van der Waals surface area contributed by atoms with Gasteiger partial charge in [-0.3, -0.25) is 4.79 Å². The standard InChI is InChI=1S/C26H24N2O/c1-17-6-8-19(9-7-17)20-10-11-24-22(15-20)23-16-28(13-12-25(23)27-24)26(29)21-5-3-4-18(2)14-21/h3-11,14-15,27H,12-13,16H2,1-2H3. The van der Waals surface area contributed by atoms with E-state index in [2.05, 4.69) is 54.4 Å². The Morgan fingerprint density at radius 1 is 0.897 bits per heavy atom. The Balaban J connectivity index is 1.50. The van der Waals surface area contributed by atoms with E-state index in [1.165, 1.54) is 33.3 Å². The number of aromatic nitrogens is 1. The Kier molecular flexibility index (Phi) is 4.24. The molecule has 1 N–H and O–H groups in total. The van der Waals surface area contributed by atoms with Crippen molar-refractivity contribution in [3.63, 3.8) is 0 Å². The lowest BCUT2D eigenvalue weighted by Crippen LogP contribution is -2.35. The lowest BCUT2D eigenvalue weighted by Gasteiger charge is -2.27. The number of aromatic amines is 1. The number of nitrogens with one attached hydrogen (secondary N) is 1. The highest BCUT2D eigenvalue weighted by Crippen LogP contribution is 2.32. The second-order valence-corrected chi connectivity index (χ2v) is 8.05. The average molecular weight is 380 g/mol. The number of rotatable bonds is 2. The lowest BCUT2D eigenvalue weighted by atomic mass is 9.99. The molecule has 4 aromatic rings. The SMILES string of the molecule is Cc1ccc(-c2ccc3[nH]c4c(c3c2)CN(C(=O)c2cccc(C)c2)CC4)cc1. The molecule has 3 aromatic carbocycles. The number of H-pyrrole nitrogens is 1. The highest BCUT2D eigenvalue weighted by atomic mass is 16.2. The van der Waals surface area contributed by atoms with Crippen molar-refractivity contribution in [2.75, 3.05) is 6.54 Å². The van der Waals surface area contributed by atoms with Crippen LogP contribution in [0.2, 0.25) is 0 Å². The van der Waals surface area contributed by atoms with Crippen molar-refractivity contribution in [2.24, 2.45) is 0 Å². The minimum Gasteiger partial charge on any atom is -0.358 e. The molecular formula is C26H24N2O. The molecule has 0 saturated carbocycles. The zero-order valence-electron chi connectivity index (χ0n) is 16.8. The molecule has 3 nitrogen and oxygen atoms in total. The van der Waals surface area contributed by atoms with E-state index < -0.39 is 0 Å². The summed E-state index contributed by atoms with van der Waals surface area (Å²) in [5.41, 5.74) is 9.24. The number of fused-ring (bicyclic) bond motifs is 3. The number of hydrogen-bond donors (Lipinski definition) is 1. The van der Waals surface area contributed by atoms with Gasteiger partial charge in [0.2, 0.25) is 0 Å². The van der Waals surface area contributed by atoms with E-state index >= 15 is 0 Å². The number of carbonyl (C=O) groups excluding carboxylic acids is 1. The van der Waals surface area contributed by atoms with Crippen LogP contribution in [0.15, 0.2) is 66.7 Å². The van der Waals surface area contributed by atoms with Gasteiger partial charge in [0, 0.05) is 47.2 Å². The van der Waals surface area contributed by atoms with Gasteiger partial charge in [0.25, 0.3) is 5.91 Å². The van der Waals surface area contributed by atoms with Crippen LogP contribution in [-0.2, 0) is 13.0 Å². The molecule has 0 bridgehead atoms. The summed E-state index contributed by atoms with van der Waals surface area (Å²) < 4.78 is 0. The molecule has 1 aliphatic heterocycles. The number of benzene rings is 3. The van der Waals surface area contributed by atoms with Crippen molar-refractivity contribution < 1.29 is 4.79 Å². The van der Waals surface area contributed by atoms with Crippen molar-refractivity contribution in [1.82, 2.24) is 9.88 Å². The molecule has 3 heteroatoms. The summed E-state index contributed by atoms with van der Waals surface area (Å²) in [6, 6.07) is 23.1. The van der Waals surface area contributed by atoms with Crippen molar-refractivity contribution in [3.8, 4) is 11.1 Å². The van der Waals surface area contributed by atoms with E-state index in [0.717, 1.165) is 29.6 Å². The third kappa shape index (κ3) is 3.23. The third-order valence-corrected chi connectivity index (χ3v) is 5.91. The molecule has 0 aliphatic carbocycles. The monoisotopic (exact) mass is 380 g/mol. The molecule has 0 atom stereocenters. The molecule has 5 rings (SSSR count). The fourth-order valence-electron chi connectivity index (χ4n) is 4.27. The highest BCUT2D eigenvalue weighted by molar-refractivity contribution is 5.95. The maximum atomic E-state index is 13.1. The van der Waals surface area contributed by atoms with Gasteiger partial charge in [0.15, 0.2) is 0 Å². The summed E-state index contributed by atoms with van der Waals surface area (Å²) in [5.74, 6) is 0.114. The van der Waals surface area contributed by atoms with Gasteiger partial charge in [0.1, 0.15) is 0 Å². The normalized spacial score (nSPS) is 13.5. The fraction of sp³-hybridized carbons (Fsp3) is 0.192. The molecule has 1 aliphatic rings. The minimum absolute atomic E-state index is 0.114. The van der Waals surface area contributed by atoms with E-state index in [0.29, 0.717) is 6.54 Å². The summed E-state index contributed by atoms with van der Waals surface area (Å²) in [5, 5.41) is 1.22. The Bertz CT molecular complexity index is 1220. The van der Waals surface area contributed by atoms with Crippen LogP contribution in [-0.4, -0.2) is 22.3 Å². The van der Waals surface area contributed by atoms with E-state index in [1.807, 2.05) is 36.1 Å². The van der Waals surface area contributed by atoms with E-state index in [4.69, 9.17) is 0 Å². The van der Waals surface area contributed by atoms with Crippen LogP contribution in [0.4, 0.5) is 0 Å². The van der Waals surface area contributed by atoms with Gasteiger partial charge in [-0.15, -0.1) is 0 Å². The highest BCUT2D eigenvalue weighted by Gasteiger charge is 2.25. The molecule has 1 amide bonds.